The number of aryl methyl sites for hydroxylation is 1. The summed E-state index contributed by atoms with van der Waals surface area (Å²) in [6.07, 6.45) is 2.02. The van der Waals surface area contributed by atoms with Gasteiger partial charge >= 0.3 is 0 Å². The number of nitrogens with zero attached hydrogens (tertiary/aromatic N) is 2. The number of aromatic nitrogens is 2. The van der Waals surface area contributed by atoms with E-state index < -0.39 is 17.4 Å². The molecule has 1 saturated heterocycles. The molecule has 0 spiro atoms. The Hall–Kier alpha value is -2.87. The number of benzene rings is 1. The predicted molar refractivity (Wildman–Crippen MR) is 116 cm³/mol. The molecule has 1 aromatic heterocycles. The van der Waals surface area contributed by atoms with Crippen LogP contribution >= 0.6 is 11.6 Å². The van der Waals surface area contributed by atoms with Crippen molar-refractivity contribution in [3.05, 3.63) is 44.7 Å². The fourth-order valence-electron chi connectivity index (χ4n) is 4.01. The molecule has 2 aromatic rings. The van der Waals surface area contributed by atoms with Gasteiger partial charge in [0.1, 0.15) is 5.82 Å². The zero-order chi connectivity index (χ0) is 21.4. The molecule has 30 heavy (non-hydrogen) atoms. The third kappa shape index (κ3) is 4.05. The molecular formula is C21H24ClN5O3. The van der Waals surface area contributed by atoms with Gasteiger partial charge in [-0.2, -0.15) is 4.98 Å². The highest BCUT2D eigenvalue weighted by molar-refractivity contribution is 6.31. The largest absolute Gasteiger partial charge is 0.342 e. The van der Waals surface area contributed by atoms with Crippen LogP contribution in [0.1, 0.15) is 43.2 Å². The van der Waals surface area contributed by atoms with E-state index >= 15 is 0 Å². The third-order valence-corrected chi connectivity index (χ3v) is 6.06. The fourth-order valence-corrected chi connectivity index (χ4v) is 4.20. The SMILES string of the molecule is Cc1ccc(NC(=O)[C@H]2CC(=O)Nc3nc(N4CCC[C@@H](C)C4)[nH]c(=O)c32)cc1Cl. The first kappa shape index (κ1) is 20.4. The van der Waals surface area contributed by atoms with Gasteiger partial charge in [-0.25, -0.2) is 0 Å². The summed E-state index contributed by atoms with van der Waals surface area (Å²) in [5, 5.41) is 5.94. The first-order valence-electron chi connectivity index (χ1n) is 10.1. The molecule has 2 aliphatic rings. The number of aromatic amines is 1. The Labute approximate surface area is 179 Å². The van der Waals surface area contributed by atoms with Crippen LogP contribution in [-0.4, -0.2) is 34.9 Å². The van der Waals surface area contributed by atoms with Crippen molar-refractivity contribution in [3.63, 3.8) is 0 Å². The minimum absolute atomic E-state index is 0.122. The maximum atomic E-state index is 12.9. The number of halogens is 1. The summed E-state index contributed by atoms with van der Waals surface area (Å²) in [6.45, 7) is 5.59. The molecule has 3 heterocycles. The third-order valence-electron chi connectivity index (χ3n) is 5.65. The second kappa shape index (κ2) is 8.10. The number of anilines is 3. The number of hydrogen-bond acceptors (Lipinski definition) is 5. The second-order valence-electron chi connectivity index (χ2n) is 8.10. The van der Waals surface area contributed by atoms with Crippen molar-refractivity contribution in [1.82, 2.24) is 9.97 Å². The van der Waals surface area contributed by atoms with E-state index in [1.54, 1.807) is 18.2 Å². The van der Waals surface area contributed by atoms with Gasteiger partial charge in [0.2, 0.25) is 17.8 Å². The Morgan fingerprint density at radius 3 is 2.87 bits per heavy atom. The number of H-pyrrole nitrogens is 1. The Kier molecular flexibility index (Phi) is 5.51. The smallest absolute Gasteiger partial charge is 0.258 e. The van der Waals surface area contributed by atoms with E-state index in [4.69, 9.17) is 11.6 Å². The molecule has 1 aromatic carbocycles. The van der Waals surface area contributed by atoms with Gasteiger partial charge in [0.25, 0.3) is 5.56 Å². The lowest BCUT2D eigenvalue weighted by Crippen LogP contribution is -2.40. The molecular weight excluding hydrogens is 406 g/mol. The van der Waals surface area contributed by atoms with E-state index in [0.29, 0.717) is 22.6 Å². The van der Waals surface area contributed by atoms with Gasteiger partial charge in [-0.05, 0) is 43.4 Å². The van der Waals surface area contributed by atoms with Crippen LogP contribution in [0.25, 0.3) is 0 Å². The van der Waals surface area contributed by atoms with Gasteiger partial charge in [-0.1, -0.05) is 24.6 Å². The monoisotopic (exact) mass is 429 g/mol. The second-order valence-corrected chi connectivity index (χ2v) is 8.51. The number of hydrogen-bond donors (Lipinski definition) is 3. The summed E-state index contributed by atoms with van der Waals surface area (Å²) >= 11 is 6.13. The fraction of sp³-hybridized carbons (Fsp3) is 0.429. The zero-order valence-corrected chi connectivity index (χ0v) is 17.7. The molecule has 2 atom stereocenters. The molecule has 9 heteroatoms. The van der Waals surface area contributed by atoms with Gasteiger partial charge in [0.05, 0.1) is 11.5 Å². The highest BCUT2D eigenvalue weighted by Gasteiger charge is 2.35. The van der Waals surface area contributed by atoms with Gasteiger partial charge in [0.15, 0.2) is 0 Å². The lowest BCUT2D eigenvalue weighted by Gasteiger charge is -2.32. The van der Waals surface area contributed by atoms with E-state index in [0.717, 1.165) is 31.5 Å². The Morgan fingerprint density at radius 2 is 2.13 bits per heavy atom. The van der Waals surface area contributed by atoms with E-state index in [-0.39, 0.29) is 23.7 Å². The van der Waals surface area contributed by atoms with Crippen molar-refractivity contribution in [2.24, 2.45) is 5.92 Å². The standard InChI is InChI=1S/C21H24ClN5O3/c1-11-4-3-7-27(10-11)21-25-18-17(20(30)26-21)14(9-16(28)24-18)19(29)23-13-6-5-12(2)15(22)8-13/h5-6,8,11,14H,3-4,7,9-10H2,1-2H3,(H,23,29)(H2,24,25,26,28,30)/t11-,14+/m1/s1. The molecule has 8 nitrogen and oxygen atoms in total. The van der Waals surface area contributed by atoms with E-state index in [2.05, 4.69) is 27.5 Å². The van der Waals surface area contributed by atoms with Gasteiger partial charge in [0, 0.05) is 30.2 Å². The molecule has 3 N–H and O–H groups in total. The molecule has 158 valence electrons. The van der Waals surface area contributed by atoms with Crippen molar-refractivity contribution < 1.29 is 9.59 Å². The summed E-state index contributed by atoms with van der Waals surface area (Å²) in [7, 11) is 0. The summed E-state index contributed by atoms with van der Waals surface area (Å²) < 4.78 is 0. The summed E-state index contributed by atoms with van der Waals surface area (Å²) in [6, 6.07) is 5.16. The number of fused-ring (bicyclic) bond motifs is 1. The Balaban J connectivity index is 1.64. The molecule has 0 aliphatic carbocycles. The first-order valence-corrected chi connectivity index (χ1v) is 10.5. The maximum absolute atomic E-state index is 12.9. The maximum Gasteiger partial charge on any atom is 0.258 e. The van der Waals surface area contributed by atoms with Crippen molar-refractivity contribution in [2.75, 3.05) is 28.6 Å². The number of piperidine rings is 1. The van der Waals surface area contributed by atoms with Crippen molar-refractivity contribution in [1.29, 1.82) is 0 Å². The zero-order valence-electron chi connectivity index (χ0n) is 16.9. The number of rotatable bonds is 3. The molecule has 0 radical (unpaired) electrons. The number of nitrogens with one attached hydrogen (secondary N) is 3. The molecule has 0 bridgehead atoms. The van der Waals surface area contributed by atoms with Crippen LogP contribution in [0.4, 0.5) is 17.5 Å². The van der Waals surface area contributed by atoms with Gasteiger partial charge in [-0.3, -0.25) is 19.4 Å². The van der Waals surface area contributed by atoms with Gasteiger partial charge in [-0.15, -0.1) is 0 Å². The molecule has 0 unspecified atom stereocenters. The van der Waals surface area contributed by atoms with Crippen LogP contribution in [-0.2, 0) is 9.59 Å². The predicted octanol–water partition coefficient (Wildman–Crippen LogP) is 3.03. The van der Waals surface area contributed by atoms with Crippen LogP contribution in [0, 0.1) is 12.8 Å². The van der Waals surface area contributed by atoms with Crippen molar-refractivity contribution >= 4 is 40.9 Å². The minimum Gasteiger partial charge on any atom is -0.342 e. The molecule has 2 amide bonds. The van der Waals surface area contributed by atoms with Crippen LogP contribution < -0.4 is 21.1 Å². The molecule has 2 aliphatic heterocycles. The summed E-state index contributed by atoms with van der Waals surface area (Å²) in [5.41, 5.74) is 1.16. The normalized spacial score (nSPS) is 21.0. The van der Waals surface area contributed by atoms with E-state index in [1.165, 1.54) is 0 Å². The van der Waals surface area contributed by atoms with E-state index in [1.807, 2.05) is 11.8 Å². The lowest BCUT2D eigenvalue weighted by atomic mass is 9.92. The summed E-state index contributed by atoms with van der Waals surface area (Å²) in [5.74, 6) is -0.644. The highest BCUT2D eigenvalue weighted by Crippen LogP contribution is 2.31. The average molecular weight is 430 g/mol. The van der Waals surface area contributed by atoms with E-state index in [9.17, 15) is 14.4 Å². The molecule has 4 rings (SSSR count). The molecule has 1 fully saturated rings. The van der Waals surface area contributed by atoms with Crippen LogP contribution in [0.5, 0.6) is 0 Å². The van der Waals surface area contributed by atoms with Crippen LogP contribution in [0.15, 0.2) is 23.0 Å². The highest BCUT2D eigenvalue weighted by atomic mass is 35.5. The first-order chi connectivity index (χ1) is 14.3. The van der Waals surface area contributed by atoms with Crippen LogP contribution in [0.3, 0.4) is 0 Å². The number of carbonyl (C=O) groups is 2. The Morgan fingerprint density at radius 1 is 1.33 bits per heavy atom. The number of carbonyl (C=O) groups excluding carboxylic acids is 2. The molecule has 0 saturated carbocycles. The quantitative estimate of drug-likeness (QED) is 0.695. The van der Waals surface area contributed by atoms with Crippen molar-refractivity contribution in [2.45, 2.75) is 39.0 Å². The topological polar surface area (TPSA) is 107 Å². The van der Waals surface area contributed by atoms with Crippen LogP contribution in [0.2, 0.25) is 5.02 Å². The minimum atomic E-state index is -0.931. The lowest BCUT2D eigenvalue weighted by molar-refractivity contribution is -0.123. The Bertz CT molecular complexity index is 1070. The average Bonchev–Trinajstić information content (AvgIpc) is 2.69. The summed E-state index contributed by atoms with van der Waals surface area (Å²) in [4.78, 5) is 47.4. The number of amides is 2. The van der Waals surface area contributed by atoms with Crippen molar-refractivity contribution in [3.8, 4) is 0 Å². The van der Waals surface area contributed by atoms with Gasteiger partial charge < -0.3 is 15.5 Å².